The van der Waals surface area contributed by atoms with Gasteiger partial charge in [-0.15, -0.1) is 0 Å². The maximum atomic E-state index is 2.59. The third-order valence-corrected chi connectivity index (χ3v) is 7.95. The lowest BCUT2D eigenvalue weighted by Crippen LogP contribution is -2.34. The molecule has 0 heteroatoms. The Morgan fingerprint density at radius 1 is 0.944 bits per heavy atom. The molecule has 0 aromatic rings. The maximum Gasteiger partial charge on any atom is -0.0130 e. The molecule has 5 aliphatic carbocycles. The van der Waals surface area contributed by atoms with Crippen molar-refractivity contribution >= 4 is 0 Å². The Morgan fingerprint density at radius 3 is 2.72 bits per heavy atom. The molecule has 0 nitrogen and oxygen atoms in total. The molecule has 0 spiro atoms. The average Bonchev–Trinajstić information content (AvgIpc) is 3.06. The molecule has 0 aliphatic heterocycles. The highest BCUT2D eigenvalue weighted by Crippen LogP contribution is 2.70. The average molecular weight is 242 g/mol. The lowest BCUT2D eigenvalue weighted by molar-refractivity contribution is 0.116. The highest BCUT2D eigenvalue weighted by atomic mass is 14.7. The summed E-state index contributed by atoms with van der Waals surface area (Å²) in [6, 6.07) is 0. The largest absolute Gasteiger partial charge is 0.0670 e. The third kappa shape index (κ3) is 0.991. The minimum absolute atomic E-state index is 0.972. The summed E-state index contributed by atoms with van der Waals surface area (Å²) in [7, 11) is 0. The summed E-state index contributed by atoms with van der Waals surface area (Å²) in [5, 5.41) is 0. The van der Waals surface area contributed by atoms with Gasteiger partial charge in [0.2, 0.25) is 0 Å². The van der Waals surface area contributed by atoms with Crippen LogP contribution in [0.2, 0.25) is 0 Å². The molecule has 5 rings (SSSR count). The van der Waals surface area contributed by atoms with Crippen molar-refractivity contribution in [1.29, 1.82) is 0 Å². The first-order valence-corrected chi connectivity index (χ1v) is 8.50. The molecule has 18 heavy (non-hydrogen) atoms. The van der Waals surface area contributed by atoms with Crippen LogP contribution in [0.1, 0.15) is 52.4 Å². The second-order valence-electron chi connectivity index (χ2n) is 8.14. The van der Waals surface area contributed by atoms with Gasteiger partial charge in [0, 0.05) is 0 Å². The van der Waals surface area contributed by atoms with Gasteiger partial charge >= 0.3 is 0 Å². The number of allylic oxidation sites excluding steroid dienone is 2. The van der Waals surface area contributed by atoms with Gasteiger partial charge in [0.05, 0.1) is 0 Å². The predicted octanol–water partition coefficient (Wildman–Crippen LogP) is 4.66. The maximum absolute atomic E-state index is 2.59. The highest BCUT2D eigenvalue weighted by Gasteiger charge is 2.61. The van der Waals surface area contributed by atoms with Gasteiger partial charge in [-0.25, -0.2) is 0 Å². The van der Waals surface area contributed by atoms with Crippen LogP contribution in [-0.4, -0.2) is 0 Å². The zero-order valence-corrected chi connectivity index (χ0v) is 11.9. The van der Waals surface area contributed by atoms with E-state index in [0.29, 0.717) is 0 Å². The standard InChI is InChI=1S/C18H26/c1-9-12-6-7-13(9)18-16-10(2)15(17(12)18)8-11-4-3-5-14(11)16/h9-14,16,18H,3-8H2,1-2H3. The van der Waals surface area contributed by atoms with Gasteiger partial charge in [0.1, 0.15) is 0 Å². The smallest absolute Gasteiger partial charge is 0.0130 e. The lowest BCUT2D eigenvalue weighted by Gasteiger charge is -2.40. The molecule has 98 valence electrons. The van der Waals surface area contributed by atoms with Gasteiger partial charge in [0.25, 0.3) is 0 Å². The number of fused-ring (bicyclic) bond motifs is 10. The first-order valence-electron chi connectivity index (χ1n) is 8.50. The molecule has 0 saturated heterocycles. The van der Waals surface area contributed by atoms with E-state index in [4.69, 9.17) is 0 Å². The van der Waals surface area contributed by atoms with Gasteiger partial charge in [0.15, 0.2) is 0 Å². The Hall–Kier alpha value is -0.260. The van der Waals surface area contributed by atoms with E-state index in [-0.39, 0.29) is 0 Å². The molecular weight excluding hydrogens is 216 g/mol. The van der Waals surface area contributed by atoms with Crippen LogP contribution in [0, 0.1) is 47.3 Å². The molecule has 0 radical (unpaired) electrons. The molecule has 0 aromatic heterocycles. The second kappa shape index (κ2) is 3.25. The summed E-state index contributed by atoms with van der Waals surface area (Å²) in [4.78, 5) is 0. The van der Waals surface area contributed by atoms with Crippen LogP contribution in [0.5, 0.6) is 0 Å². The monoisotopic (exact) mass is 242 g/mol. The molecule has 4 fully saturated rings. The van der Waals surface area contributed by atoms with Crippen molar-refractivity contribution in [3.05, 3.63) is 11.1 Å². The molecular formula is C18H26. The minimum Gasteiger partial charge on any atom is -0.0670 e. The molecule has 5 aliphatic rings. The van der Waals surface area contributed by atoms with Gasteiger partial charge in [-0.2, -0.15) is 0 Å². The Bertz CT molecular complexity index is 431. The van der Waals surface area contributed by atoms with Crippen LogP contribution in [0.15, 0.2) is 11.1 Å². The fraction of sp³-hybridized carbons (Fsp3) is 0.889. The first kappa shape index (κ1) is 10.5. The minimum atomic E-state index is 0.972. The Morgan fingerprint density at radius 2 is 1.83 bits per heavy atom. The second-order valence-corrected chi connectivity index (χ2v) is 8.14. The van der Waals surface area contributed by atoms with Gasteiger partial charge in [-0.3, -0.25) is 0 Å². The van der Waals surface area contributed by atoms with E-state index in [9.17, 15) is 0 Å². The van der Waals surface area contributed by atoms with E-state index in [1.54, 1.807) is 19.3 Å². The normalized spacial score (nSPS) is 60.3. The van der Waals surface area contributed by atoms with E-state index < -0.39 is 0 Å². The van der Waals surface area contributed by atoms with E-state index in [0.717, 1.165) is 47.3 Å². The summed E-state index contributed by atoms with van der Waals surface area (Å²) < 4.78 is 0. The molecule has 8 unspecified atom stereocenters. The Balaban J connectivity index is 1.66. The van der Waals surface area contributed by atoms with E-state index >= 15 is 0 Å². The summed E-state index contributed by atoms with van der Waals surface area (Å²) in [6.07, 6.45) is 9.29. The first-order chi connectivity index (χ1) is 8.77. The summed E-state index contributed by atoms with van der Waals surface area (Å²) in [5.41, 5.74) is 4.04. The van der Waals surface area contributed by atoms with Crippen molar-refractivity contribution in [3.63, 3.8) is 0 Å². The summed E-state index contributed by atoms with van der Waals surface area (Å²) >= 11 is 0. The number of rotatable bonds is 0. The van der Waals surface area contributed by atoms with E-state index in [1.165, 1.54) is 19.3 Å². The Kier molecular flexibility index (Phi) is 1.90. The van der Waals surface area contributed by atoms with Crippen LogP contribution in [0.4, 0.5) is 0 Å². The molecule has 8 atom stereocenters. The highest BCUT2D eigenvalue weighted by molar-refractivity contribution is 5.39. The summed E-state index contributed by atoms with van der Waals surface area (Å²) in [5.74, 6) is 8.51. The van der Waals surface area contributed by atoms with Crippen molar-refractivity contribution in [2.24, 2.45) is 47.3 Å². The summed E-state index contributed by atoms with van der Waals surface area (Å²) in [6.45, 7) is 5.16. The van der Waals surface area contributed by atoms with Crippen LogP contribution in [0.25, 0.3) is 0 Å². The lowest BCUT2D eigenvalue weighted by atomic mass is 9.65. The van der Waals surface area contributed by atoms with Gasteiger partial charge in [-0.1, -0.05) is 31.4 Å². The van der Waals surface area contributed by atoms with Gasteiger partial charge in [-0.05, 0) is 79.4 Å². The zero-order valence-electron chi connectivity index (χ0n) is 11.9. The number of hydrogen-bond acceptors (Lipinski definition) is 0. The molecule has 0 N–H and O–H groups in total. The molecule has 0 amide bonds. The quantitative estimate of drug-likeness (QED) is 0.542. The van der Waals surface area contributed by atoms with E-state index in [2.05, 4.69) is 13.8 Å². The van der Waals surface area contributed by atoms with Crippen molar-refractivity contribution in [1.82, 2.24) is 0 Å². The Labute approximate surface area is 111 Å². The topological polar surface area (TPSA) is 0 Å². The van der Waals surface area contributed by atoms with Gasteiger partial charge < -0.3 is 0 Å². The third-order valence-electron chi connectivity index (χ3n) is 7.95. The zero-order chi connectivity index (χ0) is 12.0. The van der Waals surface area contributed by atoms with Crippen LogP contribution in [-0.2, 0) is 0 Å². The molecule has 0 aromatic carbocycles. The fourth-order valence-electron chi connectivity index (χ4n) is 7.42. The van der Waals surface area contributed by atoms with Crippen molar-refractivity contribution in [3.8, 4) is 0 Å². The molecule has 4 saturated carbocycles. The van der Waals surface area contributed by atoms with E-state index in [1.807, 2.05) is 11.1 Å². The van der Waals surface area contributed by atoms with Crippen LogP contribution < -0.4 is 0 Å². The molecule has 0 heterocycles. The van der Waals surface area contributed by atoms with Crippen LogP contribution in [0.3, 0.4) is 0 Å². The fourth-order valence-corrected chi connectivity index (χ4v) is 7.42. The predicted molar refractivity (Wildman–Crippen MR) is 74.0 cm³/mol. The van der Waals surface area contributed by atoms with Crippen molar-refractivity contribution in [2.75, 3.05) is 0 Å². The SMILES string of the molecule is CC1C2=C3C4CCC(C4C)C3C1C1CCCC1C2. The van der Waals surface area contributed by atoms with Crippen molar-refractivity contribution < 1.29 is 0 Å². The van der Waals surface area contributed by atoms with Crippen LogP contribution >= 0.6 is 0 Å². The molecule has 4 bridgehead atoms. The van der Waals surface area contributed by atoms with Crippen molar-refractivity contribution in [2.45, 2.75) is 52.4 Å². The number of hydrogen-bond donors (Lipinski definition) is 0.